The van der Waals surface area contributed by atoms with Crippen LogP contribution in [0.2, 0.25) is 0 Å². The maximum atomic E-state index is 10.9. The number of hydrogen-bond donors (Lipinski definition) is 7. The zero-order valence-electron chi connectivity index (χ0n) is 20.2. The molecular formula is C20H28KNO14S2. The molecule has 0 saturated carbocycles. The van der Waals surface area contributed by atoms with Gasteiger partial charge in [-0.15, -0.1) is 0 Å². The quantitative estimate of drug-likeness (QED) is 0.0362. The van der Waals surface area contributed by atoms with Gasteiger partial charge in [0.1, 0.15) is 59.0 Å². The molecular weight excluding hydrogens is 581 g/mol. The van der Waals surface area contributed by atoms with Crippen molar-refractivity contribution in [1.29, 1.82) is 0 Å². The Labute approximate surface area is 264 Å². The molecule has 15 nitrogen and oxygen atoms in total. The first-order valence-corrected chi connectivity index (χ1v) is 13.2. The number of oxime groups is 1. The van der Waals surface area contributed by atoms with E-state index >= 15 is 0 Å². The number of hydrogen-bond acceptors (Lipinski definition) is 16. The molecule has 1 aromatic rings. The molecule has 2 fully saturated rings. The van der Waals surface area contributed by atoms with E-state index in [0.29, 0.717) is 17.3 Å². The fourth-order valence-corrected chi connectivity index (χ4v) is 4.91. The molecule has 10 atom stereocenters. The van der Waals surface area contributed by atoms with Crippen LogP contribution in [-0.2, 0) is 30.6 Å². The third-order valence-electron chi connectivity index (χ3n) is 5.67. The van der Waals surface area contributed by atoms with Crippen LogP contribution in [0.4, 0.5) is 0 Å². The van der Waals surface area contributed by atoms with Crippen LogP contribution in [0, 0.1) is 0 Å². The van der Waals surface area contributed by atoms with E-state index in [1.54, 1.807) is 0 Å². The average molecular weight is 610 g/mol. The Balaban J connectivity index is 0.00000507. The fraction of sp³-hybridized carbons (Fsp3) is 0.650. The van der Waals surface area contributed by atoms with Crippen LogP contribution in [0.25, 0.3) is 0 Å². The maximum absolute atomic E-state index is 10.9. The third-order valence-corrected chi connectivity index (χ3v) is 7.04. The van der Waals surface area contributed by atoms with Gasteiger partial charge in [-0.25, -0.2) is 0 Å². The molecule has 38 heavy (non-hydrogen) atoms. The Bertz CT molecular complexity index is 1030. The van der Waals surface area contributed by atoms with Gasteiger partial charge in [-0.1, -0.05) is 29.1 Å². The molecule has 210 valence electrons. The van der Waals surface area contributed by atoms with Crippen molar-refractivity contribution < 1.29 is 119 Å². The summed E-state index contributed by atoms with van der Waals surface area (Å²) in [4.78, 5) is 0. The summed E-state index contributed by atoms with van der Waals surface area (Å²) >= 11 is 0.599. The van der Waals surface area contributed by atoms with Gasteiger partial charge in [-0.3, -0.25) is 4.28 Å². The van der Waals surface area contributed by atoms with Gasteiger partial charge in [0, 0.05) is 6.42 Å². The minimum atomic E-state index is -5.22. The zero-order valence-corrected chi connectivity index (χ0v) is 25.0. The van der Waals surface area contributed by atoms with Crippen LogP contribution in [0.15, 0.2) is 29.4 Å². The standard InChI is InChI=1S/C20H29NO14S2.K/c1-8-13(23)15(25)17(27)19(32-8)33-10-4-2-9(3-5-10)6-12(21-35-37(29,30)31)36-20-18(28)16(26)14(24)11(7-22)34-20;/h2-5,8,11,13-20,22-28H,6-7H2,1H3,(H,29,30,31);/q;+1/p-1/t8-,11+,13-,14+,15+,16-,17+,18+,19-,20-;/m0./s1. The van der Waals surface area contributed by atoms with E-state index in [0.717, 1.165) is 0 Å². The number of ether oxygens (including phenoxy) is 3. The van der Waals surface area contributed by atoms with E-state index in [2.05, 4.69) is 9.44 Å². The van der Waals surface area contributed by atoms with E-state index < -0.39 is 77.6 Å². The molecule has 7 N–H and O–H groups in total. The van der Waals surface area contributed by atoms with Gasteiger partial charge >= 0.3 is 51.4 Å². The Hall–Kier alpha value is 0.0264. The van der Waals surface area contributed by atoms with Gasteiger partial charge in [-0.2, -0.15) is 8.42 Å². The van der Waals surface area contributed by atoms with Gasteiger partial charge in [-0.05, 0) is 24.6 Å². The second-order valence-electron chi connectivity index (χ2n) is 8.40. The van der Waals surface area contributed by atoms with Crippen molar-refractivity contribution in [2.45, 2.75) is 73.9 Å². The summed E-state index contributed by atoms with van der Waals surface area (Å²) in [6, 6.07) is 5.92. The van der Waals surface area contributed by atoms with E-state index in [4.69, 9.17) is 14.2 Å². The summed E-state index contributed by atoms with van der Waals surface area (Å²) in [7, 11) is -5.22. The molecule has 2 saturated heterocycles. The minimum Gasteiger partial charge on any atom is -0.714 e. The molecule has 0 amide bonds. The smallest absolute Gasteiger partial charge is 0.714 e. The molecule has 0 spiro atoms. The van der Waals surface area contributed by atoms with E-state index in [1.807, 2.05) is 0 Å². The van der Waals surface area contributed by atoms with E-state index in [9.17, 15) is 48.7 Å². The number of benzene rings is 1. The maximum Gasteiger partial charge on any atom is 1.00 e. The van der Waals surface area contributed by atoms with Crippen LogP contribution in [0.3, 0.4) is 0 Å². The minimum absolute atomic E-state index is 0. The average Bonchev–Trinajstić information content (AvgIpc) is 2.85. The molecule has 2 aliphatic rings. The number of rotatable bonds is 8. The van der Waals surface area contributed by atoms with Crippen molar-refractivity contribution in [2.24, 2.45) is 5.16 Å². The zero-order chi connectivity index (χ0) is 27.5. The first-order valence-electron chi connectivity index (χ1n) is 10.9. The molecule has 3 rings (SSSR count). The molecule has 2 aliphatic heterocycles. The molecule has 0 aromatic heterocycles. The first kappa shape index (κ1) is 34.2. The van der Waals surface area contributed by atoms with Gasteiger partial charge in [0.25, 0.3) is 10.4 Å². The number of thioether (sulfide) groups is 1. The summed E-state index contributed by atoms with van der Waals surface area (Å²) in [6.45, 7) is 0.812. The van der Waals surface area contributed by atoms with Gasteiger partial charge in [0.2, 0.25) is 6.29 Å². The largest absolute Gasteiger partial charge is 1.00 e. The van der Waals surface area contributed by atoms with Crippen molar-refractivity contribution in [1.82, 2.24) is 0 Å². The van der Waals surface area contributed by atoms with Crippen molar-refractivity contribution in [3.63, 3.8) is 0 Å². The molecule has 0 bridgehead atoms. The Kier molecular flexibility index (Phi) is 13.3. The summed E-state index contributed by atoms with van der Waals surface area (Å²) in [6.07, 6.45) is -12.7. The van der Waals surface area contributed by atoms with Gasteiger partial charge < -0.3 is 54.5 Å². The third kappa shape index (κ3) is 9.01. The van der Waals surface area contributed by atoms with Crippen molar-refractivity contribution in [3.05, 3.63) is 29.8 Å². The fourth-order valence-electron chi connectivity index (χ4n) is 3.59. The van der Waals surface area contributed by atoms with Crippen LogP contribution in [-0.4, -0.2) is 121 Å². The number of aliphatic hydroxyl groups is 7. The van der Waals surface area contributed by atoms with Crippen LogP contribution >= 0.6 is 11.8 Å². The Morgan fingerprint density at radius 3 is 2.16 bits per heavy atom. The van der Waals surface area contributed by atoms with E-state index in [-0.39, 0.29) is 68.6 Å². The Morgan fingerprint density at radius 2 is 1.58 bits per heavy atom. The number of aliphatic hydroxyl groups excluding tert-OH is 7. The number of nitrogens with zero attached hydrogens (tertiary/aromatic N) is 1. The molecule has 0 radical (unpaired) electrons. The second-order valence-corrected chi connectivity index (χ2v) is 10.5. The molecule has 0 unspecified atom stereocenters. The van der Waals surface area contributed by atoms with Gasteiger partial charge in [0.15, 0.2) is 0 Å². The summed E-state index contributed by atoms with van der Waals surface area (Å²) < 4.78 is 53.0. The van der Waals surface area contributed by atoms with Crippen LogP contribution in [0.1, 0.15) is 12.5 Å². The summed E-state index contributed by atoms with van der Waals surface area (Å²) in [5.41, 5.74) is -0.840. The SMILES string of the molecule is C[C@@H]1O[C@@H](Oc2ccc(CC(=NOS(=O)(=O)[O-])S[C@@H]3O[C@H](CO)[C@@H](O)[C@H](O)[C@H]3O)cc2)[C@H](O)[C@H](O)[C@H]1O.[K+]. The van der Waals surface area contributed by atoms with Crippen molar-refractivity contribution in [3.8, 4) is 5.75 Å². The molecule has 18 heteroatoms. The second kappa shape index (κ2) is 14.8. The predicted octanol–water partition coefficient (Wildman–Crippen LogP) is -6.24. The van der Waals surface area contributed by atoms with Crippen molar-refractivity contribution >= 4 is 27.2 Å². The molecule has 2 heterocycles. The monoisotopic (exact) mass is 609 g/mol. The summed E-state index contributed by atoms with van der Waals surface area (Å²) in [5.74, 6) is 0.210. The first-order chi connectivity index (χ1) is 17.3. The van der Waals surface area contributed by atoms with Gasteiger partial charge in [0.05, 0.1) is 12.7 Å². The topological polar surface area (TPSA) is 248 Å². The van der Waals surface area contributed by atoms with E-state index in [1.165, 1.54) is 31.2 Å². The molecule has 1 aromatic carbocycles. The molecule has 0 aliphatic carbocycles. The summed E-state index contributed by atoms with van der Waals surface area (Å²) in [5, 5.41) is 72.4. The Morgan fingerprint density at radius 1 is 0.974 bits per heavy atom. The van der Waals surface area contributed by atoms with Crippen molar-refractivity contribution in [2.75, 3.05) is 6.61 Å². The predicted molar refractivity (Wildman–Crippen MR) is 123 cm³/mol. The van der Waals surface area contributed by atoms with Crippen LogP contribution in [0.5, 0.6) is 5.75 Å². The normalized spacial score (nSPS) is 36.3. The van der Waals surface area contributed by atoms with Crippen LogP contribution < -0.4 is 56.1 Å².